The van der Waals surface area contributed by atoms with Crippen molar-refractivity contribution >= 4 is 39.5 Å². The lowest BCUT2D eigenvalue weighted by Crippen LogP contribution is -2.30. The Hall–Kier alpha value is -1.94. The summed E-state index contributed by atoms with van der Waals surface area (Å²) in [5.74, 6) is 0.306. The normalized spacial score (nSPS) is 14.2. The van der Waals surface area contributed by atoms with Crippen LogP contribution in [0.15, 0.2) is 0 Å². The summed E-state index contributed by atoms with van der Waals surface area (Å²) in [5, 5.41) is 10.7. The molecule has 0 heterocycles. The van der Waals surface area contributed by atoms with Crippen LogP contribution in [-0.4, -0.2) is 96.7 Å². The lowest BCUT2D eigenvalue weighted by atomic mass is 9.99. The molecule has 17 nitrogen and oxygen atoms in total. The maximum absolute atomic E-state index is 13.1. The summed E-state index contributed by atoms with van der Waals surface area (Å²) in [6.45, 7) is 12.0. The van der Waals surface area contributed by atoms with Gasteiger partial charge in [-0.2, -0.15) is 0 Å². The standard InChI is InChI=1S/C83H162O17P2/c1-8-10-11-12-13-14-15-28-36-43-50-57-64-80(85)93-71-79(100-83(88)67-60-53-46-39-32-31-35-42-49-56-63-76(7)9-2)73-98-102(91,92)96-69-77(84)68-95-101(89,90)97-72-78(99-82(87)66-59-52-45-38-30-25-21-17-19-23-27-34-41-48-55-62-75(5)6)70-94-81(86)65-58-51-44-37-29-24-20-16-18-22-26-33-40-47-54-61-74(3)4/h74-79,84H,8-73H2,1-7H3,(H,89,90)(H,91,92)/t76?,77-,78-,79-/m1/s1. The van der Waals surface area contributed by atoms with E-state index in [1.165, 1.54) is 244 Å². The number of unbranched alkanes of at least 4 members (excludes halogenated alkanes) is 48. The fraction of sp³-hybridized carbons (Fsp3) is 0.952. The lowest BCUT2D eigenvalue weighted by molar-refractivity contribution is -0.161. The number of carbonyl (C=O) groups excluding carboxylic acids is 4. The summed E-state index contributed by atoms with van der Waals surface area (Å²) in [5.41, 5.74) is 0. The van der Waals surface area contributed by atoms with E-state index in [2.05, 4.69) is 48.5 Å². The summed E-state index contributed by atoms with van der Waals surface area (Å²) < 4.78 is 68.8. The highest BCUT2D eigenvalue weighted by Gasteiger charge is 2.30. The number of aliphatic hydroxyl groups excluding tert-OH is 1. The topological polar surface area (TPSA) is 237 Å². The molecule has 102 heavy (non-hydrogen) atoms. The molecule has 0 spiro atoms. The monoisotopic (exact) mass is 1490 g/mol. The minimum Gasteiger partial charge on any atom is -0.462 e. The Morgan fingerprint density at radius 1 is 0.284 bits per heavy atom. The van der Waals surface area contributed by atoms with Gasteiger partial charge in [-0.05, 0) is 43.4 Å². The first-order valence-corrected chi connectivity index (χ1v) is 45.9. The fourth-order valence-electron chi connectivity index (χ4n) is 12.8. The van der Waals surface area contributed by atoms with Crippen molar-refractivity contribution in [1.82, 2.24) is 0 Å². The van der Waals surface area contributed by atoms with Gasteiger partial charge in [-0.25, -0.2) is 9.13 Å². The quantitative estimate of drug-likeness (QED) is 0.0222. The van der Waals surface area contributed by atoms with E-state index in [4.69, 9.17) is 37.0 Å². The van der Waals surface area contributed by atoms with Crippen molar-refractivity contribution in [2.75, 3.05) is 39.6 Å². The number of aliphatic hydroxyl groups is 1. The van der Waals surface area contributed by atoms with Crippen LogP contribution >= 0.6 is 15.6 Å². The number of phosphoric acid groups is 2. The molecular weight excluding hydrogens is 1330 g/mol. The van der Waals surface area contributed by atoms with E-state index in [0.717, 1.165) is 108 Å². The van der Waals surface area contributed by atoms with E-state index >= 15 is 0 Å². The first-order chi connectivity index (χ1) is 49.3. The number of hydrogen-bond donors (Lipinski definition) is 3. The molecular formula is C83H162O17P2. The molecule has 3 unspecified atom stereocenters. The molecule has 0 bridgehead atoms. The molecule has 0 aliphatic carbocycles. The highest BCUT2D eigenvalue weighted by Crippen LogP contribution is 2.45. The minimum atomic E-state index is -4.96. The molecule has 0 radical (unpaired) electrons. The van der Waals surface area contributed by atoms with Crippen LogP contribution < -0.4 is 0 Å². The van der Waals surface area contributed by atoms with Crippen LogP contribution in [0.25, 0.3) is 0 Å². The zero-order valence-corrected chi connectivity index (χ0v) is 68.9. The first kappa shape index (κ1) is 100. The van der Waals surface area contributed by atoms with E-state index < -0.39 is 97.5 Å². The molecule has 19 heteroatoms. The number of carbonyl (C=O) groups is 4. The van der Waals surface area contributed by atoms with Crippen LogP contribution in [0.4, 0.5) is 0 Å². The molecule has 0 amide bonds. The van der Waals surface area contributed by atoms with E-state index in [-0.39, 0.29) is 25.7 Å². The molecule has 0 fully saturated rings. The average molecular weight is 1490 g/mol. The van der Waals surface area contributed by atoms with Gasteiger partial charge >= 0.3 is 39.5 Å². The third kappa shape index (κ3) is 74.9. The summed E-state index contributed by atoms with van der Waals surface area (Å²) in [6, 6.07) is 0. The minimum absolute atomic E-state index is 0.107. The van der Waals surface area contributed by atoms with Gasteiger partial charge in [-0.1, -0.05) is 382 Å². The Morgan fingerprint density at radius 3 is 0.745 bits per heavy atom. The molecule has 6 atom stereocenters. The molecule has 3 N–H and O–H groups in total. The summed E-state index contributed by atoms with van der Waals surface area (Å²) in [7, 11) is -9.92. The van der Waals surface area contributed by atoms with Gasteiger partial charge in [0, 0.05) is 25.7 Å². The van der Waals surface area contributed by atoms with Gasteiger partial charge in [-0.15, -0.1) is 0 Å². The van der Waals surface area contributed by atoms with Gasteiger partial charge in [0.05, 0.1) is 26.4 Å². The molecule has 0 rings (SSSR count). The van der Waals surface area contributed by atoms with Crippen LogP contribution in [0.2, 0.25) is 0 Å². The van der Waals surface area contributed by atoms with Gasteiger partial charge in [0.25, 0.3) is 0 Å². The van der Waals surface area contributed by atoms with E-state index in [0.29, 0.717) is 25.7 Å². The van der Waals surface area contributed by atoms with Gasteiger partial charge in [0.2, 0.25) is 0 Å². The number of phosphoric ester groups is 2. The highest BCUT2D eigenvalue weighted by atomic mass is 31.2. The molecule has 0 aliphatic heterocycles. The number of ether oxygens (including phenoxy) is 4. The number of hydrogen-bond acceptors (Lipinski definition) is 15. The van der Waals surface area contributed by atoms with Crippen molar-refractivity contribution in [1.29, 1.82) is 0 Å². The summed E-state index contributed by atoms with van der Waals surface area (Å²) in [6.07, 6.45) is 62.2. The van der Waals surface area contributed by atoms with Crippen molar-refractivity contribution in [3.05, 3.63) is 0 Å². The van der Waals surface area contributed by atoms with E-state index in [9.17, 15) is 43.2 Å². The largest absolute Gasteiger partial charge is 0.472 e. The number of rotatable bonds is 81. The third-order valence-electron chi connectivity index (χ3n) is 19.7. The zero-order chi connectivity index (χ0) is 75.1. The molecule has 0 saturated heterocycles. The van der Waals surface area contributed by atoms with Crippen molar-refractivity contribution in [2.24, 2.45) is 17.8 Å². The Balaban J connectivity index is 5.26. The maximum atomic E-state index is 13.1. The van der Waals surface area contributed by atoms with Crippen molar-refractivity contribution in [2.45, 2.75) is 452 Å². The summed E-state index contributed by atoms with van der Waals surface area (Å²) in [4.78, 5) is 73.1. The van der Waals surface area contributed by atoms with Gasteiger partial charge in [0.15, 0.2) is 12.2 Å². The second kappa shape index (κ2) is 73.2. The SMILES string of the molecule is CCCCCCCCCCCCCCC(=O)OC[C@H](COP(=O)(O)OC[C@H](O)COP(=O)(O)OC[C@@H](COC(=O)CCCCCCCCCCCCCCCCCC(C)C)OC(=O)CCCCCCCCCCCCCCCCCC(C)C)OC(=O)CCCCCCCCCCCCC(C)CC. The molecule has 606 valence electrons. The van der Waals surface area contributed by atoms with Gasteiger partial charge < -0.3 is 33.8 Å². The average Bonchev–Trinajstić information content (AvgIpc) is 0.932. The molecule has 0 aromatic carbocycles. The number of esters is 4. The predicted octanol–water partition coefficient (Wildman–Crippen LogP) is 24.9. The van der Waals surface area contributed by atoms with Crippen LogP contribution in [0.3, 0.4) is 0 Å². The van der Waals surface area contributed by atoms with Crippen LogP contribution in [-0.2, 0) is 65.4 Å². The Kier molecular flexibility index (Phi) is 71.8. The van der Waals surface area contributed by atoms with Crippen LogP contribution in [0, 0.1) is 17.8 Å². The van der Waals surface area contributed by atoms with Gasteiger partial charge in [0.1, 0.15) is 19.3 Å². The van der Waals surface area contributed by atoms with E-state index in [1.54, 1.807) is 0 Å². The summed E-state index contributed by atoms with van der Waals surface area (Å²) >= 11 is 0. The predicted molar refractivity (Wildman–Crippen MR) is 418 cm³/mol. The first-order valence-electron chi connectivity index (χ1n) is 42.9. The third-order valence-corrected chi connectivity index (χ3v) is 21.6. The zero-order valence-electron chi connectivity index (χ0n) is 67.1. The van der Waals surface area contributed by atoms with Gasteiger partial charge in [-0.3, -0.25) is 37.3 Å². The van der Waals surface area contributed by atoms with Crippen LogP contribution in [0.1, 0.15) is 434 Å². The molecule has 0 saturated carbocycles. The molecule has 0 aliphatic rings. The highest BCUT2D eigenvalue weighted by molar-refractivity contribution is 7.47. The van der Waals surface area contributed by atoms with E-state index in [1.807, 2.05) is 0 Å². The van der Waals surface area contributed by atoms with Crippen molar-refractivity contribution < 1.29 is 80.2 Å². The maximum Gasteiger partial charge on any atom is 0.472 e. The van der Waals surface area contributed by atoms with Crippen molar-refractivity contribution in [3.8, 4) is 0 Å². The molecule has 0 aromatic rings. The smallest absolute Gasteiger partial charge is 0.462 e. The van der Waals surface area contributed by atoms with Crippen molar-refractivity contribution in [3.63, 3.8) is 0 Å². The lowest BCUT2D eigenvalue weighted by Gasteiger charge is -2.21. The Morgan fingerprint density at radius 2 is 0.500 bits per heavy atom. The second-order valence-corrected chi connectivity index (χ2v) is 34.0. The Labute approximate surface area is 626 Å². The fourth-order valence-corrected chi connectivity index (χ4v) is 14.4. The molecule has 0 aromatic heterocycles. The Bertz CT molecular complexity index is 1980. The van der Waals surface area contributed by atoms with Crippen LogP contribution in [0.5, 0.6) is 0 Å². The second-order valence-electron chi connectivity index (χ2n) is 31.1.